The van der Waals surface area contributed by atoms with Gasteiger partial charge in [-0.3, -0.25) is 9.69 Å². The normalized spacial score (nSPS) is 16.7. The maximum absolute atomic E-state index is 12.9. The van der Waals surface area contributed by atoms with Crippen LogP contribution in [0.2, 0.25) is 5.02 Å². The van der Waals surface area contributed by atoms with Crippen LogP contribution in [0.4, 0.5) is 5.69 Å². The van der Waals surface area contributed by atoms with E-state index in [1.807, 2.05) is 20.8 Å². The number of carbonyl (C=O) groups is 2. The average Bonchev–Trinajstić information content (AvgIpc) is 2.98. The van der Waals surface area contributed by atoms with Crippen LogP contribution in [0.15, 0.2) is 52.4 Å². The zero-order valence-corrected chi connectivity index (χ0v) is 18.3. The summed E-state index contributed by atoms with van der Waals surface area (Å²) in [7, 11) is 0. The van der Waals surface area contributed by atoms with Gasteiger partial charge in [0.1, 0.15) is 5.75 Å². The van der Waals surface area contributed by atoms with Crippen LogP contribution in [0.3, 0.4) is 0 Å². The number of benzene rings is 2. The molecule has 3 rings (SSSR count). The van der Waals surface area contributed by atoms with Crippen molar-refractivity contribution >= 4 is 52.2 Å². The maximum atomic E-state index is 12.9. The smallest absolute Gasteiger partial charge is 0.335 e. The summed E-state index contributed by atoms with van der Waals surface area (Å²) >= 11 is 7.41. The van der Waals surface area contributed by atoms with Gasteiger partial charge in [-0.15, -0.1) is 0 Å². The first-order valence-corrected chi connectivity index (χ1v) is 10.6. The number of aliphatic imine (C=N–C) groups is 1. The standard InChI is InChI=1S/C22H21ClN2O4S/c1-4-25-20(26)19(12-15-11-16(23)7-10-18(15)29-13(2)3)30-22(25)24-17-8-5-14(6-9-17)21(27)28/h5-13H,4H2,1-3H3,(H,27,28)/b19-12+,24-22?. The van der Waals surface area contributed by atoms with Crippen LogP contribution in [0.1, 0.15) is 36.7 Å². The monoisotopic (exact) mass is 444 g/mol. The predicted octanol–water partition coefficient (Wildman–Crippen LogP) is 5.45. The van der Waals surface area contributed by atoms with Crippen LogP contribution in [-0.2, 0) is 4.79 Å². The number of carboxylic acid groups (broad SMARTS) is 1. The van der Waals surface area contributed by atoms with Gasteiger partial charge in [0.15, 0.2) is 5.17 Å². The molecule has 8 heteroatoms. The van der Waals surface area contributed by atoms with Gasteiger partial charge >= 0.3 is 5.97 Å². The molecule has 2 aromatic carbocycles. The Morgan fingerprint density at radius 2 is 1.97 bits per heavy atom. The highest BCUT2D eigenvalue weighted by Crippen LogP contribution is 2.36. The van der Waals surface area contributed by atoms with Crippen LogP contribution in [0.5, 0.6) is 5.75 Å². The number of amides is 1. The molecule has 0 spiro atoms. The Kier molecular flexibility index (Phi) is 6.84. The molecular formula is C22H21ClN2O4S. The van der Waals surface area contributed by atoms with E-state index in [1.54, 1.807) is 41.3 Å². The first kappa shape index (κ1) is 21.9. The molecule has 1 aliphatic heterocycles. The topological polar surface area (TPSA) is 79.2 Å². The van der Waals surface area contributed by atoms with E-state index in [4.69, 9.17) is 21.4 Å². The molecule has 0 bridgehead atoms. The zero-order chi connectivity index (χ0) is 21.8. The van der Waals surface area contributed by atoms with Crippen LogP contribution >= 0.6 is 23.4 Å². The first-order valence-electron chi connectivity index (χ1n) is 9.38. The second-order valence-electron chi connectivity index (χ2n) is 6.76. The molecule has 0 saturated carbocycles. The number of amidine groups is 1. The molecule has 1 heterocycles. The summed E-state index contributed by atoms with van der Waals surface area (Å²) in [5, 5.41) is 10.1. The molecule has 0 radical (unpaired) electrons. The summed E-state index contributed by atoms with van der Waals surface area (Å²) in [5.41, 5.74) is 1.47. The third-order valence-corrected chi connectivity index (χ3v) is 5.41. The molecule has 30 heavy (non-hydrogen) atoms. The van der Waals surface area contributed by atoms with Crippen LogP contribution in [0, 0.1) is 0 Å². The molecule has 156 valence electrons. The second kappa shape index (κ2) is 9.36. The summed E-state index contributed by atoms with van der Waals surface area (Å²) in [5.74, 6) is -0.507. The van der Waals surface area contributed by atoms with Gasteiger partial charge in [0, 0.05) is 17.1 Å². The molecule has 1 N–H and O–H groups in total. The van der Waals surface area contributed by atoms with Crippen molar-refractivity contribution in [1.29, 1.82) is 0 Å². The number of rotatable bonds is 6. The molecule has 1 amide bonds. The SMILES string of the molecule is CCN1C(=O)/C(=C\c2cc(Cl)ccc2OC(C)C)SC1=Nc1ccc(C(=O)O)cc1. The average molecular weight is 445 g/mol. The van der Waals surface area contributed by atoms with E-state index in [2.05, 4.69) is 4.99 Å². The lowest BCUT2D eigenvalue weighted by Gasteiger charge is -2.13. The summed E-state index contributed by atoms with van der Waals surface area (Å²) in [4.78, 5) is 30.5. The Balaban J connectivity index is 1.94. The zero-order valence-electron chi connectivity index (χ0n) is 16.8. The lowest BCUT2D eigenvalue weighted by atomic mass is 10.1. The third kappa shape index (κ3) is 5.04. The number of nitrogens with zero attached hydrogens (tertiary/aromatic N) is 2. The number of aromatic carboxylic acids is 1. The minimum atomic E-state index is -0.999. The molecule has 1 fully saturated rings. The molecular weight excluding hydrogens is 424 g/mol. The number of hydrogen-bond donors (Lipinski definition) is 1. The van der Waals surface area contributed by atoms with Gasteiger partial charge in [-0.05, 0) is 81.1 Å². The van der Waals surface area contributed by atoms with Crippen molar-refractivity contribution in [2.24, 2.45) is 4.99 Å². The van der Waals surface area contributed by atoms with E-state index in [-0.39, 0.29) is 17.6 Å². The Bertz CT molecular complexity index is 1030. The molecule has 2 aromatic rings. The second-order valence-corrected chi connectivity index (χ2v) is 8.20. The quantitative estimate of drug-likeness (QED) is 0.599. The van der Waals surface area contributed by atoms with Crippen molar-refractivity contribution in [3.63, 3.8) is 0 Å². The fourth-order valence-corrected chi connectivity index (χ4v) is 4.03. The molecule has 1 aliphatic rings. The maximum Gasteiger partial charge on any atom is 0.335 e. The van der Waals surface area contributed by atoms with Gasteiger partial charge in [-0.2, -0.15) is 0 Å². The van der Waals surface area contributed by atoms with Crippen molar-refractivity contribution < 1.29 is 19.4 Å². The van der Waals surface area contributed by atoms with Gasteiger partial charge in [-0.25, -0.2) is 9.79 Å². The van der Waals surface area contributed by atoms with Gasteiger partial charge in [0.2, 0.25) is 0 Å². The molecule has 6 nitrogen and oxygen atoms in total. The number of ether oxygens (including phenoxy) is 1. The lowest BCUT2D eigenvalue weighted by Crippen LogP contribution is -2.28. The van der Waals surface area contributed by atoms with Crippen LogP contribution < -0.4 is 4.74 Å². The number of carbonyl (C=O) groups excluding carboxylic acids is 1. The number of halogens is 1. The van der Waals surface area contributed by atoms with Crippen molar-refractivity contribution in [2.45, 2.75) is 26.9 Å². The van der Waals surface area contributed by atoms with Crippen molar-refractivity contribution in [2.75, 3.05) is 6.54 Å². The van der Waals surface area contributed by atoms with Crippen molar-refractivity contribution in [1.82, 2.24) is 4.90 Å². The minimum absolute atomic E-state index is 0.0201. The third-order valence-electron chi connectivity index (χ3n) is 4.16. The van der Waals surface area contributed by atoms with E-state index in [0.717, 1.165) is 5.56 Å². The first-order chi connectivity index (χ1) is 14.3. The fourth-order valence-electron chi connectivity index (χ4n) is 2.79. The van der Waals surface area contributed by atoms with Crippen molar-refractivity contribution in [3.8, 4) is 5.75 Å². The van der Waals surface area contributed by atoms with Gasteiger partial charge in [-0.1, -0.05) is 11.6 Å². The number of hydrogen-bond acceptors (Lipinski definition) is 5. The molecule has 0 atom stereocenters. The summed E-state index contributed by atoms with van der Waals surface area (Å²) < 4.78 is 5.84. The van der Waals surface area contributed by atoms with E-state index in [9.17, 15) is 9.59 Å². The summed E-state index contributed by atoms with van der Waals surface area (Å²) in [6.07, 6.45) is 1.74. The Labute approximate surface area is 184 Å². The predicted molar refractivity (Wildman–Crippen MR) is 121 cm³/mol. The van der Waals surface area contributed by atoms with E-state index < -0.39 is 5.97 Å². The molecule has 0 aromatic heterocycles. The lowest BCUT2D eigenvalue weighted by molar-refractivity contribution is -0.122. The number of likely N-dealkylation sites (N-methyl/N-ethyl adjacent to an activating group) is 1. The molecule has 0 aliphatic carbocycles. The highest BCUT2D eigenvalue weighted by molar-refractivity contribution is 8.18. The number of carboxylic acids is 1. The highest BCUT2D eigenvalue weighted by Gasteiger charge is 2.32. The molecule has 0 unspecified atom stereocenters. The van der Waals surface area contributed by atoms with Gasteiger partial charge in [0.05, 0.1) is 22.3 Å². The van der Waals surface area contributed by atoms with E-state index in [1.165, 1.54) is 23.9 Å². The Hall–Kier alpha value is -2.77. The fraction of sp³-hybridized carbons (Fsp3) is 0.227. The minimum Gasteiger partial charge on any atom is -0.490 e. The Morgan fingerprint density at radius 3 is 2.57 bits per heavy atom. The Morgan fingerprint density at radius 1 is 1.27 bits per heavy atom. The highest BCUT2D eigenvalue weighted by atomic mass is 35.5. The van der Waals surface area contributed by atoms with E-state index in [0.29, 0.717) is 33.1 Å². The van der Waals surface area contributed by atoms with Crippen LogP contribution in [0.25, 0.3) is 6.08 Å². The number of thioether (sulfide) groups is 1. The van der Waals surface area contributed by atoms with Gasteiger partial charge in [0.25, 0.3) is 5.91 Å². The largest absolute Gasteiger partial charge is 0.490 e. The van der Waals surface area contributed by atoms with E-state index >= 15 is 0 Å². The van der Waals surface area contributed by atoms with Crippen molar-refractivity contribution in [3.05, 3.63) is 63.5 Å². The molecule has 1 saturated heterocycles. The van der Waals surface area contributed by atoms with Crippen LogP contribution in [-0.4, -0.2) is 39.7 Å². The van der Waals surface area contributed by atoms with Gasteiger partial charge < -0.3 is 9.84 Å². The summed E-state index contributed by atoms with van der Waals surface area (Å²) in [6.45, 7) is 6.19. The summed E-state index contributed by atoms with van der Waals surface area (Å²) in [6, 6.07) is 11.5.